The van der Waals surface area contributed by atoms with Crippen LogP contribution in [0.3, 0.4) is 0 Å². The van der Waals surface area contributed by atoms with Crippen molar-refractivity contribution in [3.63, 3.8) is 0 Å². The van der Waals surface area contributed by atoms with E-state index in [0.717, 1.165) is 18.4 Å². The SMILES string of the molecule is O=C(O)N1CCC(c2nc(-c3ccccc3)no2)CC1. The summed E-state index contributed by atoms with van der Waals surface area (Å²) in [4.78, 5) is 16.7. The molecule has 3 rings (SSSR count). The zero-order chi connectivity index (χ0) is 13.9. The molecule has 0 atom stereocenters. The van der Waals surface area contributed by atoms with E-state index >= 15 is 0 Å². The molecule has 1 aromatic heterocycles. The van der Waals surface area contributed by atoms with Crippen LogP contribution in [0.25, 0.3) is 11.4 Å². The molecule has 104 valence electrons. The molecule has 20 heavy (non-hydrogen) atoms. The second-order valence-corrected chi connectivity index (χ2v) is 4.87. The number of aromatic nitrogens is 2. The van der Waals surface area contributed by atoms with Crippen LogP contribution in [0.15, 0.2) is 34.9 Å². The fourth-order valence-electron chi connectivity index (χ4n) is 2.42. The van der Waals surface area contributed by atoms with Gasteiger partial charge in [-0.15, -0.1) is 0 Å². The van der Waals surface area contributed by atoms with Crippen molar-refractivity contribution in [2.45, 2.75) is 18.8 Å². The molecule has 6 heteroatoms. The molecule has 1 aromatic carbocycles. The minimum atomic E-state index is -0.862. The van der Waals surface area contributed by atoms with E-state index in [0.29, 0.717) is 24.8 Å². The Labute approximate surface area is 116 Å². The van der Waals surface area contributed by atoms with Crippen molar-refractivity contribution in [3.05, 3.63) is 36.2 Å². The molecule has 0 aliphatic carbocycles. The summed E-state index contributed by atoms with van der Waals surface area (Å²) in [5.41, 5.74) is 0.922. The van der Waals surface area contributed by atoms with Gasteiger partial charge < -0.3 is 14.5 Å². The fourth-order valence-corrected chi connectivity index (χ4v) is 2.42. The van der Waals surface area contributed by atoms with Gasteiger partial charge in [-0.3, -0.25) is 0 Å². The summed E-state index contributed by atoms with van der Waals surface area (Å²) in [6.07, 6.45) is 0.588. The minimum absolute atomic E-state index is 0.149. The molecular weight excluding hydrogens is 258 g/mol. The molecule has 0 spiro atoms. The van der Waals surface area contributed by atoms with Crippen LogP contribution >= 0.6 is 0 Å². The standard InChI is InChI=1S/C14H15N3O3/c18-14(19)17-8-6-11(7-9-17)13-15-12(16-20-13)10-4-2-1-3-5-10/h1-5,11H,6-9H2,(H,18,19). The number of hydrogen-bond acceptors (Lipinski definition) is 4. The average molecular weight is 273 g/mol. The Kier molecular flexibility index (Phi) is 3.37. The average Bonchev–Trinajstić information content (AvgIpc) is 2.98. The zero-order valence-electron chi connectivity index (χ0n) is 10.9. The Morgan fingerprint density at radius 1 is 1.25 bits per heavy atom. The Balaban J connectivity index is 1.71. The van der Waals surface area contributed by atoms with Crippen molar-refractivity contribution < 1.29 is 14.4 Å². The monoisotopic (exact) mass is 273 g/mol. The number of nitrogens with zero attached hydrogens (tertiary/aromatic N) is 3. The third-order valence-electron chi connectivity index (χ3n) is 3.59. The number of rotatable bonds is 2. The molecule has 1 aliphatic rings. The summed E-state index contributed by atoms with van der Waals surface area (Å²) in [7, 11) is 0. The fraction of sp³-hybridized carbons (Fsp3) is 0.357. The summed E-state index contributed by atoms with van der Waals surface area (Å²) in [5.74, 6) is 1.34. The van der Waals surface area contributed by atoms with E-state index in [1.54, 1.807) is 0 Å². The molecule has 0 radical (unpaired) electrons. The molecule has 0 unspecified atom stereocenters. The van der Waals surface area contributed by atoms with Gasteiger partial charge in [0.1, 0.15) is 0 Å². The maximum absolute atomic E-state index is 10.9. The van der Waals surface area contributed by atoms with Gasteiger partial charge >= 0.3 is 6.09 Å². The number of benzene rings is 1. The molecule has 1 N–H and O–H groups in total. The van der Waals surface area contributed by atoms with Crippen LogP contribution in [0.1, 0.15) is 24.7 Å². The number of hydrogen-bond donors (Lipinski definition) is 1. The van der Waals surface area contributed by atoms with Gasteiger partial charge in [0.05, 0.1) is 0 Å². The first kappa shape index (κ1) is 12.7. The third kappa shape index (κ3) is 2.49. The highest BCUT2D eigenvalue weighted by Gasteiger charge is 2.27. The molecule has 6 nitrogen and oxygen atoms in total. The summed E-state index contributed by atoms with van der Waals surface area (Å²) in [6.45, 7) is 1.03. The van der Waals surface area contributed by atoms with E-state index in [1.165, 1.54) is 4.90 Å². The number of amides is 1. The molecular formula is C14H15N3O3. The minimum Gasteiger partial charge on any atom is -0.465 e. The summed E-state index contributed by atoms with van der Waals surface area (Å²) >= 11 is 0. The topological polar surface area (TPSA) is 79.5 Å². The van der Waals surface area contributed by atoms with Crippen molar-refractivity contribution in [1.29, 1.82) is 0 Å². The van der Waals surface area contributed by atoms with Crippen LogP contribution in [-0.4, -0.2) is 39.3 Å². The highest BCUT2D eigenvalue weighted by atomic mass is 16.5. The van der Waals surface area contributed by atoms with E-state index in [9.17, 15) is 4.79 Å². The Morgan fingerprint density at radius 2 is 1.95 bits per heavy atom. The summed E-state index contributed by atoms with van der Waals surface area (Å²) in [5, 5.41) is 12.9. The van der Waals surface area contributed by atoms with Crippen molar-refractivity contribution in [2.75, 3.05) is 13.1 Å². The van der Waals surface area contributed by atoms with E-state index < -0.39 is 6.09 Å². The maximum atomic E-state index is 10.9. The summed E-state index contributed by atoms with van der Waals surface area (Å²) < 4.78 is 5.33. The van der Waals surface area contributed by atoms with Gasteiger partial charge in [-0.25, -0.2) is 4.79 Å². The molecule has 2 heterocycles. The number of piperidine rings is 1. The second kappa shape index (κ2) is 5.32. The van der Waals surface area contributed by atoms with Crippen molar-refractivity contribution in [2.24, 2.45) is 0 Å². The van der Waals surface area contributed by atoms with Gasteiger partial charge in [-0.1, -0.05) is 35.5 Å². The number of carboxylic acid groups (broad SMARTS) is 1. The van der Waals surface area contributed by atoms with E-state index in [2.05, 4.69) is 10.1 Å². The first-order valence-corrected chi connectivity index (χ1v) is 6.61. The second-order valence-electron chi connectivity index (χ2n) is 4.87. The van der Waals surface area contributed by atoms with Crippen LogP contribution in [0.4, 0.5) is 4.79 Å². The Bertz CT molecular complexity index is 589. The third-order valence-corrected chi connectivity index (χ3v) is 3.59. The van der Waals surface area contributed by atoms with Gasteiger partial charge in [-0.05, 0) is 12.8 Å². The van der Waals surface area contributed by atoms with Crippen LogP contribution < -0.4 is 0 Å². The molecule has 2 aromatic rings. The predicted molar refractivity (Wildman–Crippen MR) is 71.3 cm³/mol. The first-order valence-electron chi connectivity index (χ1n) is 6.61. The molecule has 0 bridgehead atoms. The van der Waals surface area contributed by atoms with Gasteiger partial charge in [0.2, 0.25) is 11.7 Å². The van der Waals surface area contributed by atoms with Crippen molar-refractivity contribution >= 4 is 6.09 Å². The van der Waals surface area contributed by atoms with Crippen molar-refractivity contribution in [3.8, 4) is 11.4 Å². The van der Waals surface area contributed by atoms with Crippen LogP contribution in [-0.2, 0) is 0 Å². The normalized spacial score (nSPS) is 16.3. The van der Waals surface area contributed by atoms with E-state index in [1.807, 2.05) is 30.3 Å². The highest BCUT2D eigenvalue weighted by Crippen LogP contribution is 2.28. The predicted octanol–water partition coefficient (Wildman–Crippen LogP) is 2.59. The zero-order valence-corrected chi connectivity index (χ0v) is 10.9. The van der Waals surface area contributed by atoms with E-state index in [4.69, 9.17) is 9.63 Å². The van der Waals surface area contributed by atoms with Crippen LogP contribution in [0.5, 0.6) is 0 Å². The molecule has 0 saturated carbocycles. The molecule has 1 fully saturated rings. The van der Waals surface area contributed by atoms with Gasteiger partial charge in [0, 0.05) is 24.6 Å². The van der Waals surface area contributed by atoms with Gasteiger partial charge in [-0.2, -0.15) is 4.98 Å². The maximum Gasteiger partial charge on any atom is 0.407 e. The highest BCUT2D eigenvalue weighted by molar-refractivity contribution is 5.65. The lowest BCUT2D eigenvalue weighted by Gasteiger charge is -2.27. The van der Waals surface area contributed by atoms with E-state index in [-0.39, 0.29) is 5.92 Å². The van der Waals surface area contributed by atoms with Crippen molar-refractivity contribution in [1.82, 2.24) is 15.0 Å². The molecule has 1 aliphatic heterocycles. The molecule has 1 amide bonds. The lowest BCUT2D eigenvalue weighted by Crippen LogP contribution is -2.36. The van der Waals surface area contributed by atoms with Gasteiger partial charge in [0.15, 0.2) is 0 Å². The van der Waals surface area contributed by atoms with Crippen LogP contribution in [0, 0.1) is 0 Å². The quantitative estimate of drug-likeness (QED) is 0.909. The smallest absolute Gasteiger partial charge is 0.407 e. The summed E-state index contributed by atoms with van der Waals surface area (Å²) in [6, 6.07) is 9.66. The first-order chi connectivity index (χ1) is 9.74. The number of carbonyl (C=O) groups is 1. The molecule has 1 saturated heterocycles. The lowest BCUT2D eigenvalue weighted by atomic mass is 9.97. The van der Waals surface area contributed by atoms with Gasteiger partial charge in [0.25, 0.3) is 0 Å². The largest absolute Gasteiger partial charge is 0.465 e. The number of likely N-dealkylation sites (tertiary alicyclic amines) is 1. The lowest BCUT2D eigenvalue weighted by molar-refractivity contribution is 0.128. The Hall–Kier alpha value is -2.37. The van der Waals surface area contributed by atoms with Crippen LogP contribution in [0.2, 0.25) is 0 Å². The Morgan fingerprint density at radius 3 is 2.60 bits per heavy atom.